The molecule has 2 aromatic carbocycles. The van der Waals surface area contributed by atoms with E-state index in [2.05, 4.69) is 10.2 Å². The molecule has 0 aliphatic rings. The van der Waals surface area contributed by atoms with Gasteiger partial charge >= 0.3 is 0 Å². The van der Waals surface area contributed by atoms with Crippen molar-refractivity contribution in [3.8, 4) is 11.4 Å². The number of hydrogen-bond donors (Lipinski definition) is 0. The summed E-state index contributed by atoms with van der Waals surface area (Å²) < 4.78 is 8.52. The van der Waals surface area contributed by atoms with Crippen molar-refractivity contribution in [3.05, 3.63) is 64.7 Å². The minimum absolute atomic E-state index is 0.156. The second-order valence-corrected chi connectivity index (χ2v) is 5.51. The highest BCUT2D eigenvalue weighted by Gasteiger charge is 2.16. The number of alkyl halides is 1. The summed E-state index contributed by atoms with van der Waals surface area (Å²) in [7, 11) is 1.60. The van der Waals surface area contributed by atoms with Gasteiger partial charge in [-0.2, -0.15) is 0 Å². The fraction of sp³-hybridized carbons (Fsp3) is 0.118. The Kier molecular flexibility index (Phi) is 3.46. The maximum Gasteiger partial charge on any atom is 0.267 e. The zero-order valence-corrected chi connectivity index (χ0v) is 13.6. The molecule has 0 saturated carbocycles. The van der Waals surface area contributed by atoms with E-state index in [0.717, 1.165) is 5.52 Å². The molecule has 0 aliphatic heterocycles. The summed E-state index contributed by atoms with van der Waals surface area (Å²) in [6, 6.07) is 14.6. The zero-order valence-electron chi connectivity index (χ0n) is 12.8. The average Bonchev–Trinajstić information content (AvgIpc) is 3.06. The van der Waals surface area contributed by atoms with Crippen molar-refractivity contribution in [2.75, 3.05) is 7.11 Å². The predicted octanol–water partition coefficient (Wildman–Crippen LogP) is 2.78. The molecule has 0 aliphatic carbocycles. The topological polar surface area (TPSA) is 61.4 Å². The number of methoxy groups -OCH3 is 1. The van der Waals surface area contributed by atoms with Crippen LogP contribution in [-0.4, -0.2) is 26.3 Å². The summed E-state index contributed by atoms with van der Waals surface area (Å²) in [5.74, 6) is 1.93. The lowest BCUT2D eigenvalue weighted by atomic mass is 10.2. The molecule has 0 saturated heterocycles. The van der Waals surface area contributed by atoms with Crippen molar-refractivity contribution in [1.82, 2.24) is 19.2 Å². The molecular formula is C17H13ClN4O2. The van der Waals surface area contributed by atoms with Gasteiger partial charge in [-0.05, 0) is 36.4 Å². The first-order valence-electron chi connectivity index (χ1n) is 7.32. The second-order valence-electron chi connectivity index (χ2n) is 5.24. The summed E-state index contributed by atoms with van der Waals surface area (Å²) in [6.07, 6.45) is 0. The van der Waals surface area contributed by atoms with E-state index < -0.39 is 0 Å². The lowest BCUT2D eigenvalue weighted by Crippen LogP contribution is -2.22. The van der Waals surface area contributed by atoms with Crippen LogP contribution >= 0.6 is 11.6 Å². The molecular weight excluding hydrogens is 328 g/mol. The van der Waals surface area contributed by atoms with E-state index in [1.807, 2.05) is 34.7 Å². The molecule has 0 atom stereocenters. The molecule has 0 fully saturated rings. The van der Waals surface area contributed by atoms with Gasteiger partial charge in [0.15, 0.2) is 5.82 Å². The highest BCUT2D eigenvalue weighted by Crippen LogP contribution is 2.20. The Labute approximate surface area is 141 Å². The van der Waals surface area contributed by atoms with Crippen LogP contribution in [0.4, 0.5) is 0 Å². The normalized spacial score (nSPS) is 11.2. The Morgan fingerprint density at radius 1 is 1.08 bits per heavy atom. The lowest BCUT2D eigenvalue weighted by Gasteiger charge is -2.11. The maximum atomic E-state index is 13.0. The number of nitrogens with zero attached hydrogens (tertiary/aromatic N) is 4. The van der Waals surface area contributed by atoms with Crippen LogP contribution in [0, 0.1) is 0 Å². The van der Waals surface area contributed by atoms with Gasteiger partial charge < -0.3 is 4.74 Å². The number of para-hydroxylation sites is 1. The van der Waals surface area contributed by atoms with Gasteiger partial charge in [0.25, 0.3) is 5.56 Å². The van der Waals surface area contributed by atoms with Crippen molar-refractivity contribution in [2.24, 2.45) is 0 Å². The molecule has 0 unspecified atom stereocenters. The smallest absolute Gasteiger partial charge is 0.267 e. The highest BCUT2D eigenvalue weighted by atomic mass is 35.5. The van der Waals surface area contributed by atoms with Gasteiger partial charge in [0, 0.05) is 0 Å². The Morgan fingerprint density at radius 2 is 1.83 bits per heavy atom. The molecule has 0 amide bonds. The Bertz CT molecular complexity index is 1100. The number of fused-ring (bicyclic) bond motifs is 3. The van der Waals surface area contributed by atoms with Crippen LogP contribution in [0.2, 0.25) is 0 Å². The van der Waals surface area contributed by atoms with Crippen molar-refractivity contribution >= 4 is 28.3 Å². The van der Waals surface area contributed by atoms with Crippen LogP contribution in [0.3, 0.4) is 0 Å². The van der Waals surface area contributed by atoms with Gasteiger partial charge in [0.1, 0.15) is 5.75 Å². The van der Waals surface area contributed by atoms with Gasteiger partial charge in [-0.1, -0.05) is 12.1 Å². The first-order chi connectivity index (χ1) is 11.7. The number of rotatable bonds is 3. The number of aromatic nitrogens is 4. The predicted molar refractivity (Wildman–Crippen MR) is 92.2 cm³/mol. The van der Waals surface area contributed by atoms with Crippen LogP contribution < -0.4 is 10.3 Å². The molecule has 120 valence electrons. The summed E-state index contributed by atoms with van der Waals surface area (Å²) in [5, 5.41) is 8.88. The first-order valence-corrected chi connectivity index (χ1v) is 7.86. The molecule has 2 heterocycles. The van der Waals surface area contributed by atoms with Gasteiger partial charge in [-0.3, -0.25) is 9.20 Å². The zero-order chi connectivity index (χ0) is 16.7. The van der Waals surface area contributed by atoms with Gasteiger partial charge in [-0.25, -0.2) is 4.57 Å². The summed E-state index contributed by atoms with van der Waals surface area (Å²) in [6.45, 7) is 0. The van der Waals surface area contributed by atoms with E-state index in [1.165, 1.54) is 4.57 Å². The van der Waals surface area contributed by atoms with Crippen molar-refractivity contribution in [1.29, 1.82) is 0 Å². The van der Waals surface area contributed by atoms with Crippen LogP contribution in [0.15, 0.2) is 53.3 Å². The third-order valence-electron chi connectivity index (χ3n) is 3.94. The Hall–Kier alpha value is -2.86. The third-order valence-corrected chi connectivity index (χ3v) is 4.18. The molecule has 0 spiro atoms. The maximum absolute atomic E-state index is 13.0. The van der Waals surface area contributed by atoms with Gasteiger partial charge in [0.05, 0.1) is 29.6 Å². The summed E-state index contributed by atoms with van der Waals surface area (Å²) >= 11 is 6.00. The molecule has 7 heteroatoms. The van der Waals surface area contributed by atoms with Crippen LogP contribution in [-0.2, 0) is 5.88 Å². The van der Waals surface area contributed by atoms with Crippen molar-refractivity contribution in [3.63, 3.8) is 0 Å². The fourth-order valence-electron chi connectivity index (χ4n) is 2.81. The van der Waals surface area contributed by atoms with E-state index in [9.17, 15) is 4.79 Å². The molecule has 4 aromatic rings. The fourth-order valence-corrected chi connectivity index (χ4v) is 2.98. The van der Waals surface area contributed by atoms with Crippen LogP contribution in [0.1, 0.15) is 5.82 Å². The van der Waals surface area contributed by atoms with Crippen LogP contribution in [0.5, 0.6) is 5.75 Å². The van der Waals surface area contributed by atoms with Gasteiger partial charge in [-0.15, -0.1) is 21.8 Å². The molecule has 0 bridgehead atoms. The van der Waals surface area contributed by atoms with Crippen molar-refractivity contribution in [2.45, 2.75) is 5.88 Å². The third kappa shape index (κ3) is 2.07. The minimum Gasteiger partial charge on any atom is -0.497 e. The Morgan fingerprint density at radius 3 is 2.54 bits per heavy atom. The standard InChI is InChI=1S/C17H13ClN4O2/c1-24-12-8-6-11(7-9-12)21-16(23)13-4-2-3-5-14(13)22-15(10-18)19-20-17(21)22/h2-9H,10H2,1H3. The molecule has 0 radical (unpaired) electrons. The number of hydrogen-bond acceptors (Lipinski definition) is 4. The minimum atomic E-state index is -0.156. The summed E-state index contributed by atoms with van der Waals surface area (Å²) in [5.41, 5.74) is 1.27. The second kappa shape index (κ2) is 5.65. The average molecular weight is 341 g/mol. The molecule has 0 N–H and O–H groups in total. The molecule has 24 heavy (non-hydrogen) atoms. The quantitative estimate of drug-likeness (QED) is 0.538. The van der Waals surface area contributed by atoms with Gasteiger partial charge in [0.2, 0.25) is 5.78 Å². The highest BCUT2D eigenvalue weighted by molar-refractivity contribution is 6.16. The SMILES string of the molecule is COc1ccc(-n2c(=O)c3ccccc3n3c(CCl)nnc23)cc1. The monoisotopic (exact) mass is 340 g/mol. The van der Waals surface area contributed by atoms with E-state index in [4.69, 9.17) is 16.3 Å². The molecule has 4 rings (SSSR count). The number of benzene rings is 2. The van der Waals surface area contributed by atoms with Crippen molar-refractivity contribution < 1.29 is 4.74 Å². The molecule has 2 aromatic heterocycles. The number of halogens is 1. The summed E-state index contributed by atoms with van der Waals surface area (Å²) in [4.78, 5) is 13.0. The number of ether oxygens (including phenoxy) is 1. The van der Waals surface area contributed by atoms with E-state index in [-0.39, 0.29) is 11.4 Å². The van der Waals surface area contributed by atoms with E-state index in [0.29, 0.717) is 28.4 Å². The first kappa shape index (κ1) is 14.7. The van der Waals surface area contributed by atoms with Crippen LogP contribution in [0.25, 0.3) is 22.4 Å². The largest absolute Gasteiger partial charge is 0.497 e. The Balaban J connectivity index is 2.15. The lowest BCUT2D eigenvalue weighted by molar-refractivity contribution is 0.414. The van der Waals surface area contributed by atoms with E-state index in [1.54, 1.807) is 25.3 Å². The molecule has 6 nitrogen and oxygen atoms in total. The van der Waals surface area contributed by atoms with E-state index >= 15 is 0 Å².